The Labute approximate surface area is 143 Å². The first-order chi connectivity index (χ1) is 11.4. The second-order valence-corrected chi connectivity index (χ2v) is 7.65. The fraction of sp³-hybridized carbons (Fsp3) is 0.667. The topological polar surface area (TPSA) is 69.3 Å². The molecule has 2 aliphatic rings. The molecule has 1 fully saturated rings. The van der Waals surface area contributed by atoms with Crippen LogP contribution in [0.5, 0.6) is 0 Å². The maximum absolute atomic E-state index is 12.9. The van der Waals surface area contributed by atoms with Crippen LogP contribution in [0.3, 0.4) is 0 Å². The molecule has 1 saturated heterocycles. The zero-order chi connectivity index (χ0) is 17.5. The van der Waals surface area contributed by atoms with Crippen LogP contribution in [-0.4, -0.2) is 59.3 Å². The summed E-state index contributed by atoms with van der Waals surface area (Å²) >= 11 is 0. The minimum atomic E-state index is -0.0484. The first-order valence-corrected chi connectivity index (χ1v) is 8.71. The van der Waals surface area contributed by atoms with Crippen LogP contribution < -0.4 is 0 Å². The standard InChI is InChI=1S/C18H27N3O3/c1-5-20-6-8-21(9-7-20)17(22)16-12(2)15-13(19-23)10-18(3,4)11-14(15)24-16/h23H,5-11H2,1-4H3/b19-13-. The normalized spacial score (nSPS) is 22.7. The highest BCUT2D eigenvalue weighted by atomic mass is 16.4. The van der Waals surface area contributed by atoms with Crippen LogP contribution in [-0.2, 0) is 6.42 Å². The number of rotatable bonds is 2. The van der Waals surface area contributed by atoms with E-state index in [0.29, 0.717) is 17.9 Å². The van der Waals surface area contributed by atoms with Gasteiger partial charge < -0.3 is 19.4 Å². The average Bonchev–Trinajstić information content (AvgIpc) is 2.88. The molecule has 1 aliphatic heterocycles. The summed E-state index contributed by atoms with van der Waals surface area (Å²) in [6.07, 6.45) is 1.43. The molecule has 0 atom stereocenters. The maximum atomic E-state index is 12.9. The Bertz CT molecular complexity index is 667. The summed E-state index contributed by atoms with van der Waals surface area (Å²) in [5.41, 5.74) is 2.22. The number of hydrogen-bond acceptors (Lipinski definition) is 5. The molecule has 132 valence electrons. The Morgan fingerprint density at radius 1 is 1.25 bits per heavy atom. The van der Waals surface area contributed by atoms with E-state index in [0.717, 1.165) is 56.0 Å². The van der Waals surface area contributed by atoms with Crippen LogP contribution in [0.15, 0.2) is 9.57 Å². The molecule has 24 heavy (non-hydrogen) atoms. The van der Waals surface area contributed by atoms with Crippen molar-refractivity contribution in [3.63, 3.8) is 0 Å². The molecule has 0 aromatic carbocycles. The Balaban J connectivity index is 1.88. The first kappa shape index (κ1) is 17.0. The first-order valence-electron chi connectivity index (χ1n) is 8.71. The van der Waals surface area contributed by atoms with Crippen LogP contribution in [0.4, 0.5) is 0 Å². The zero-order valence-corrected chi connectivity index (χ0v) is 15.1. The SMILES string of the molecule is CCN1CCN(C(=O)c2oc3c(c2C)/C(=N\O)CC(C)(C)C3)CC1. The molecular weight excluding hydrogens is 306 g/mol. The van der Waals surface area contributed by atoms with E-state index < -0.39 is 0 Å². The molecule has 0 radical (unpaired) electrons. The molecule has 1 aromatic rings. The van der Waals surface area contributed by atoms with Gasteiger partial charge in [-0.15, -0.1) is 0 Å². The lowest BCUT2D eigenvalue weighted by Gasteiger charge is -2.33. The molecule has 6 heteroatoms. The fourth-order valence-electron chi connectivity index (χ4n) is 3.81. The number of amides is 1. The zero-order valence-electron chi connectivity index (χ0n) is 15.1. The highest BCUT2D eigenvalue weighted by molar-refractivity contribution is 6.06. The molecule has 0 unspecified atom stereocenters. The van der Waals surface area contributed by atoms with E-state index in [2.05, 4.69) is 30.8 Å². The monoisotopic (exact) mass is 333 g/mol. The van der Waals surface area contributed by atoms with Gasteiger partial charge >= 0.3 is 0 Å². The van der Waals surface area contributed by atoms with Crippen molar-refractivity contribution in [2.75, 3.05) is 32.7 Å². The maximum Gasteiger partial charge on any atom is 0.289 e. The van der Waals surface area contributed by atoms with Gasteiger partial charge in [0.2, 0.25) is 0 Å². The summed E-state index contributed by atoms with van der Waals surface area (Å²) in [5.74, 6) is 1.13. The molecule has 6 nitrogen and oxygen atoms in total. The van der Waals surface area contributed by atoms with E-state index in [1.165, 1.54) is 0 Å². The Morgan fingerprint density at radius 3 is 2.50 bits per heavy atom. The molecule has 1 N–H and O–H groups in total. The molecule has 0 saturated carbocycles. The van der Waals surface area contributed by atoms with Crippen molar-refractivity contribution < 1.29 is 14.4 Å². The number of oxime groups is 1. The minimum Gasteiger partial charge on any atom is -0.455 e. The summed E-state index contributed by atoms with van der Waals surface area (Å²) in [4.78, 5) is 17.1. The van der Waals surface area contributed by atoms with Crippen molar-refractivity contribution >= 4 is 11.6 Å². The number of furan rings is 1. The Morgan fingerprint density at radius 2 is 1.92 bits per heavy atom. The second kappa shape index (κ2) is 6.24. The summed E-state index contributed by atoms with van der Waals surface area (Å²) in [6.45, 7) is 12.5. The van der Waals surface area contributed by atoms with Gasteiger partial charge in [-0.05, 0) is 25.3 Å². The fourth-order valence-corrected chi connectivity index (χ4v) is 3.81. The van der Waals surface area contributed by atoms with Gasteiger partial charge in [0.1, 0.15) is 5.76 Å². The minimum absolute atomic E-state index is 0.0358. The van der Waals surface area contributed by atoms with Crippen LogP contribution in [0.25, 0.3) is 0 Å². The summed E-state index contributed by atoms with van der Waals surface area (Å²) < 4.78 is 5.98. The highest BCUT2D eigenvalue weighted by Crippen LogP contribution is 2.39. The smallest absolute Gasteiger partial charge is 0.289 e. The number of hydrogen-bond donors (Lipinski definition) is 1. The third-order valence-corrected chi connectivity index (χ3v) is 5.22. The number of fused-ring (bicyclic) bond motifs is 1. The lowest BCUT2D eigenvalue weighted by molar-refractivity contribution is 0.0608. The molecular formula is C18H27N3O3. The number of carbonyl (C=O) groups is 1. The van der Waals surface area contributed by atoms with E-state index in [9.17, 15) is 10.0 Å². The van der Waals surface area contributed by atoms with Crippen molar-refractivity contribution in [1.82, 2.24) is 9.80 Å². The highest BCUT2D eigenvalue weighted by Gasteiger charge is 2.37. The lowest BCUT2D eigenvalue weighted by atomic mass is 9.75. The summed E-state index contributed by atoms with van der Waals surface area (Å²) in [5, 5.41) is 12.9. The number of piperazine rings is 1. The van der Waals surface area contributed by atoms with Gasteiger partial charge in [0.25, 0.3) is 5.91 Å². The molecule has 0 bridgehead atoms. The van der Waals surface area contributed by atoms with E-state index in [1.807, 2.05) is 11.8 Å². The average molecular weight is 333 g/mol. The number of nitrogens with zero attached hydrogens (tertiary/aromatic N) is 3. The predicted octanol–water partition coefficient (Wildman–Crippen LogP) is 2.52. The lowest BCUT2D eigenvalue weighted by Crippen LogP contribution is -2.48. The van der Waals surface area contributed by atoms with Crippen molar-refractivity contribution in [3.05, 3.63) is 22.6 Å². The Hall–Kier alpha value is -1.82. The van der Waals surface area contributed by atoms with E-state index in [-0.39, 0.29) is 11.3 Å². The van der Waals surface area contributed by atoms with Gasteiger partial charge in [-0.1, -0.05) is 25.9 Å². The van der Waals surface area contributed by atoms with Crippen molar-refractivity contribution in [2.24, 2.45) is 10.6 Å². The van der Waals surface area contributed by atoms with Crippen molar-refractivity contribution in [2.45, 2.75) is 40.5 Å². The third kappa shape index (κ3) is 2.95. The van der Waals surface area contributed by atoms with Gasteiger partial charge in [-0.25, -0.2) is 0 Å². The Kier molecular flexibility index (Phi) is 4.42. The van der Waals surface area contributed by atoms with Crippen LogP contribution in [0.2, 0.25) is 0 Å². The molecule has 2 heterocycles. The molecule has 1 aliphatic carbocycles. The van der Waals surface area contributed by atoms with E-state index in [4.69, 9.17) is 4.42 Å². The van der Waals surface area contributed by atoms with E-state index in [1.54, 1.807) is 0 Å². The van der Waals surface area contributed by atoms with Crippen molar-refractivity contribution in [3.8, 4) is 0 Å². The predicted molar refractivity (Wildman–Crippen MR) is 91.9 cm³/mol. The summed E-state index contributed by atoms with van der Waals surface area (Å²) in [6, 6.07) is 0. The van der Waals surface area contributed by atoms with Crippen LogP contribution in [0.1, 0.15) is 54.6 Å². The van der Waals surface area contributed by atoms with Gasteiger partial charge in [0.05, 0.1) is 5.71 Å². The molecule has 1 aromatic heterocycles. The molecule has 1 amide bonds. The van der Waals surface area contributed by atoms with Crippen LogP contribution >= 0.6 is 0 Å². The van der Waals surface area contributed by atoms with E-state index >= 15 is 0 Å². The molecule has 3 rings (SSSR count). The van der Waals surface area contributed by atoms with Gasteiger partial charge in [0, 0.05) is 43.7 Å². The van der Waals surface area contributed by atoms with Crippen molar-refractivity contribution in [1.29, 1.82) is 0 Å². The van der Waals surface area contributed by atoms with Crippen LogP contribution in [0, 0.1) is 12.3 Å². The molecule has 0 spiro atoms. The quantitative estimate of drug-likeness (QED) is 0.667. The third-order valence-electron chi connectivity index (χ3n) is 5.22. The van der Waals surface area contributed by atoms with Gasteiger partial charge in [-0.3, -0.25) is 4.79 Å². The largest absolute Gasteiger partial charge is 0.455 e. The van der Waals surface area contributed by atoms with Gasteiger partial charge in [0.15, 0.2) is 5.76 Å². The second-order valence-electron chi connectivity index (χ2n) is 7.65. The van der Waals surface area contributed by atoms with Gasteiger partial charge in [-0.2, -0.15) is 0 Å². The number of likely N-dealkylation sites (N-methyl/N-ethyl adjacent to an activating group) is 1. The number of carbonyl (C=O) groups excluding carboxylic acids is 1. The summed E-state index contributed by atoms with van der Waals surface area (Å²) in [7, 11) is 0.